The lowest BCUT2D eigenvalue weighted by Gasteiger charge is -2.33. The van der Waals surface area contributed by atoms with Crippen molar-refractivity contribution in [2.75, 3.05) is 36.5 Å². The van der Waals surface area contributed by atoms with Gasteiger partial charge in [-0.3, -0.25) is 4.90 Å². The van der Waals surface area contributed by atoms with Crippen LogP contribution in [-0.4, -0.2) is 50.5 Å². The minimum Gasteiger partial charge on any atom is -0.384 e. The zero-order chi connectivity index (χ0) is 13.0. The lowest BCUT2D eigenvalue weighted by molar-refractivity contribution is 0.235. The van der Waals surface area contributed by atoms with Crippen LogP contribution in [0.1, 0.15) is 6.92 Å². The van der Waals surface area contributed by atoms with Gasteiger partial charge in [-0.05, 0) is 19.1 Å². The van der Waals surface area contributed by atoms with Crippen LogP contribution in [0.5, 0.6) is 0 Å². The van der Waals surface area contributed by atoms with Gasteiger partial charge in [0, 0.05) is 31.4 Å². The second-order valence-corrected chi connectivity index (χ2v) is 7.02. The van der Waals surface area contributed by atoms with Gasteiger partial charge in [0.1, 0.15) is 0 Å². The molecule has 0 saturated carbocycles. The van der Waals surface area contributed by atoms with Crippen molar-refractivity contribution in [2.45, 2.75) is 13.0 Å². The Morgan fingerprint density at radius 1 is 1.33 bits per heavy atom. The van der Waals surface area contributed by atoms with Gasteiger partial charge in [0.2, 0.25) is 0 Å². The molecule has 100 valence electrons. The van der Waals surface area contributed by atoms with Gasteiger partial charge in [-0.1, -0.05) is 18.2 Å². The zero-order valence-corrected chi connectivity index (χ0v) is 11.5. The van der Waals surface area contributed by atoms with E-state index in [1.165, 1.54) is 0 Å². The second kappa shape index (κ2) is 5.71. The van der Waals surface area contributed by atoms with Crippen molar-refractivity contribution in [3.63, 3.8) is 0 Å². The topological polar surface area (TPSA) is 49.4 Å². The average molecular weight is 268 g/mol. The van der Waals surface area contributed by atoms with Crippen LogP contribution in [0.25, 0.3) is 0 Å². The first kappa shape index (κ1) is 13.4. The number of nitrogens with zero attached hydrogens (tertiary/aromatic N) is 1. The maximum Gasteiger partial charge on any atom is 0.153 e. The minimum atomic E-state index is -2.80. The van der Waals surface area contributed by atoms with E-state index < -0.39 is 9.84 Å². The molecule has 4 nitrogen and oxygen atoms in total. The summed E-state index contributed by atoms with van der Waals surface area (Å²) in [6.07, 6.45) is 0. The van der Waals surface area contributed by atoms with Crippen LogP contribution in [0.3, 0.4) is 0 Å². The number of sulfone groups is 1. The highest BCUT2D eigenvalue weighted by Gasteiger charge is 2.27. The van der Waals surface area contributed by atoms with E-state index >= 15 is 0 Å². The van der Waals surface area contributed by atoms with E-state index in [0.717, 1.165) is 18.8 Å². The number of hydrogen-bond donors (Lipinski definition) is 1. The van der Waals surface area contributed by atoms with Gasteiger partial charge in [0.25, 0.3) is 0 Å². The van der Waals surface area contributed by atoms with E-state index in [1.54, 1.807) is 0 Å². The Hall–Kier alpha value is -1.07. The normalized spacial score (nSPS) is 23.7. The van der Waals surface area contributed by atoms with Crippen molar-refractivity contribution in [1.82, 2.24) is 4.90 Å². The standard InChI is InChI=1S/C13H20N2O2S/c1-12-11-18(16,17)10-9-15(12)8-7-14-13-5-3-2-4-6-13/h2-6,12,14H,7-11H2,1H3. The first-order valence-corrected chi connectivity index (χ1v) is 8.12. The molecule has 2 rings (SSSR count). The minimum absolute atomic E-state index is 0.126. The molecule has 0 amide bonds. The van der Waals surface area contributed by atoms with Gasteiger partial charge in [0.15, 0.2) is 9.84 Å². The highest BCUT2D eigenvalue weighted by Crippen LogP contribution is 2.11. The Morgan fingerprint density at radius 2 is 2.06 bits per heavy atom. The van der Waals surface area contributed by atoms with Crippen LogP contribution < -0.4 is 5.32 Å². The number of para-hydroxylation sites is 1. The molecule has 1 atom stereocenters. The van der Waals surface area contributed by atoms with Crippen molar-refractivity contribution >= 4 is 15.5 Å². The summed E-state index contributed by atoms with van der Waals surface area (Å²) in [5.41, 5.74) is 1.11. The zero-order valence-electron chi connectivity index (χ0n) is 10.7. The summed E-state index contributed by atoms with van der Waals surface area (Å²) in [5, 5.41) is 3.34. The molecule has 1 unspecified atom stereocenters. The highest BCUT2D eigenvalue weighted by atomic mass is 32.2. The van der Waals surface area contributed by atoms with E-state index in [1.807, 2.05) is 37.3 Å². The second-order valence-electron chi connectivity index (χ2n) is 4.79. The summed E-state index contributed by atoms with van der Waals surface area (Å²) in [5.74, 6) is 0.584. The fourth-order valence-electron chi connectivity index (χ4n) is 2.27. The highest BCUT2D eigenvalue weighted by molar-refractivity contribution is 7.91. The lowest BCUT2D eigenvalue weighted by Crippen LogP contribution is -2.48. The molecule has 1 aliphatic rings. The Labute approximate surface area is 109 Å². The molecular formula is C13H20N2O2S. The maximum absolute atomic E-state index is 11.5. The van der Waals surface area contributed by atoms with Crippen molar-refractivity contribution in [2.24, 2.45) is 0 Å². The van der Waals surface area contributed by atoms with Crippen LogP contribution in [0.4, 0.5) is 5.69 Å². The first-order valence-electron chi connectivity index (χ1n) is 6.30. The lowest BCUT2D eigenvalue weighted by atomic mass is 10.3. The molecular weight excluding hydrogens is 248 g/mol. The van der Waals surface area contributed by atoms with Gasteiger partial charge in [0.05, 0.1) is 11.5 Å². The molecule has 5 heteroatoms. The van der Waals surface area contributed by atoms with Gasteiger partial charge >= 0.3 is 0 Å². The van der Waals surface area contributed by atoms with Crippen LogP contribution >= 0.6 is 0 Å². The van der Waals surface area contributed by atoms with Gasteiger partial charge in [-0.2, -0.15) is 0 Å². The molecule has 0 radical (unpaired) electrons. The number of benzene rings is 1. The van der Waals surface area contributed by atoms with Crippen LogP contribution in [0.2, 0.25) is 0 Å². The predicted molar refractivity (Wildman–Crippen MR) is 74.6 cm³/mol. The Morgan fingerprint density at radius 3 is 2.72 bits per heavy atom. The summed E-state index contributed by atoms with van der Waals surface area (Å²) in [6, 6.07) is 10.2. The predicted octanol–water partition coefficient (Wildman–Crippen LogP) is 1.22. The number of hydrogen-bond acceptors (Lipinski definition) is 4. The number of nitrogens with one attached hydrogen (secondary N) is 1. The Bertz CT molecular complexity index is 473. The van der Waals surface area contributed by atoms with E-state index in [9.17, 15) is 8.42 Å². The molecule has 18 heavy (non-hydrogen) atoms. The fraction of sp³-hybridized carbons (Fsp3) is 0.538. The SMILES string of the molecule is CC1CS(=O)(=O)CCN1CCNc1ccccc1. The molecule has 1 aliphatic heterocycles. The Kier molecular flexibility index (Phi) is 4.24. The molecule has 1 N–H and O–H groups in total. The quantitative estimate of drug-likeness (QED) is 0.892. The van der Waals surface area contributed by atoms with E-state index in [-0.39, 0.29) is 6.04 Å². The van der Waals surface area contributed by atoms with Crippen molar-refractivity contribution in [3.8, 4) is 0 Å². The third-order valence-electron chi connectivity index (χ3n) is 3.31. The van der Waals surface area contributed by atoms with Gasteiger partial charge in [-0.25, -0.2) is 8.42 Å². The largest absolute Gasteiger partial charge is 0.384 e. The summed E-state index contributed by atoms with van der Waals surface area (Å²) >= 11 is 0. The summed E-state index contributed by atoms with van der Waals surface area (Å²) in [7, 11) is -2.80. The molecule has 0 bridgehead atoms. The molecule has 1 heterocycles. The summed E-state index contributed by atoms with van der Waals surface area (Å²) < 4.78 is 22.9. The molecule has 0 spiro atoms. The van der Waals surface area contributed by atoms with Gasteiger partial charge in [-0.15, -0.1) is 0 Å². The molecule has 0 aliphatic carbocycles. The molecule has 0 aromatic heterocycles. The van der Waals surface area contributed by atoms with E-state index in [2.05, 4.69) is 10.2 Å². The van der Waals surface area contributed by atoms with Gasteiger partial charge < -0.3 is 5.32 Å². The van der Waals surface area contributed by atoms with Crippen LogP contribution in [0.15, 0.2) is 30.3 Å². The molecule has 1 fully saturated rings. The monoisotopic (exact) mass is 268 g/mol. The molecule has 1 aromatic carbocycles. The molecule has 1 aromatic rings. The van der Waals surface area contributed by atoms with Crippen molar-refractivity contribution in [1.29, 1.82) is 0 Å². The van der Waals surface area contributed by atoms with Crippen molar-refractivity contribution < 1.29 is 8.42 Å². The van der Waals surface area contributed by atoms with Crippen LogP contribution in [-0.2, 0) is 9.84 Å². The van der Waals surface area contributed by atoms with E-state index in [4.69, 9.17) is 0 Å². The van der Waals surface area contributed by atoms with Crippen molar-refractivity contribution in [3.05, 3.63) is 30.3 Å². The first-order chi connectivity index (χ1) is 8.57. The van der Waals surface area contributed by atoms with E-state index in [0.29, 0.717) is 18.1 Å². The summed E-state index contributed by atoms with van der Waals surface area (Å²) in [6.45, 7) is 4.36. The number of anilines is 1. The maximum atomic E-state index is 11.5. The summed E-state index contributed by atoms with van der Waals surface area (Å²) in [4.78, 5) is 2.23. The average Bonchev–Trinajstić information content (AvgIpc) is 2.33. The smallest absolute Gasteiger partial charge is 0.153 e. The Balaban J connectivity index is 1.78. The van der Waals surface area contributed by atoms with Crippen LogP contribution in [0, 0.1) is 0 Å². The third kappa shape index (κ3) is 3.71. The third-order valence-corrected chi connectivity index (χ3v) is 5.10. The number of rotatable bonds is 4. The molecule has 1 saturated heterocycles. The fourth-order valence-corrected chi connectivity index (χ4v) is 3.89.